The van der Waals surface area contributed by atoms with Gasteiger partial charge in [0.15, 0.2) is 5.16 Å². The van der Waals surface area contributed by atoms with E-state index in [1.807, 2.05) is 11.6 Å². The lowest BCUT2D eigenvalue weighted by Crippen LogP contribution is -2.25. The van der Waals surface area contributed by atoms with Crippen LogP contribution in [0.5, 0.6) is 0 Å². The van der Waals surface area contributed by atoms with Crippen molar-refractivity contribution < 1.29 is 9.18 Å². The average Bonchev–Trinajstić information content (AvgIpc) is 3.04. The molecule has 0 radical (unpaired) electrons. The van der Waals surface area contributed by atoms with E-state index in [1.54, 1.807) is 48.8 Å². The summed E-state index contributed by atoms with van der Waals surface area (Å²) in [6.45, 7) is 0.519. The predicted molar refractivity (Wildman–Crippen MR) is 95.9 cm³/mol. The maximum absolute atomic E-state index is 13.8. The molecule has 3 rings (SSSR count). The van der Waals surface area contributed by atoms with Gasteiger partial charge in [0, 0.05) is 30.5 Å². The third-order valence-electron chi connectivity index (χ3n) is 3.62. The minimum atomic E-state index is -0.277. The molecule has 1 aromatic heterocycles. The van der Waals surface area contributed by atoms with E-state index >= 15 is 0 Å². The third-order valence-corrected chi connectivity index (χ3v) is 4.66. The summed E-state index contributed by atoms with van der Waals surface area (Å²) in [5.74, 6) is 0.269. The van der Waals surface area contributed by atoms with Crippen molar-refractivity contribution in [3.63, 3.8) is 0 Å². The van der Waals surface area contributed by atoms with Crippen LogP contribution in [0.25, 0.3) is 11.1 Å². The van der Waals surface area contributed by atoms with Crippen LogP contribution < -0.4 is 5.32 Å². The molecule has 0 aliphatic rings. The molecule has 0 unspecified atom stereocenters. The van der Waals surface area contributed by atoms with Gasteiger partial charge in [0.25, 0.3) is 5.91 Å². The van der Waals surface area contributed by atoms with E-state index in [2.05, 4.69) is 15.5 Å². The molecule has 0 saturated heterocycles. The van der Waals surface area contributed by atoms with Crippen molar-refractivity contribution in [1.29, 1.82) is 0 Å². The van der Waals surface area contributed by atoms with Crippen molar-refractivity contribution in [2.45, 2.75) is 5.16 Å². The molecule has 2 aromatic carbocycles. The molecule has 0 aliphatic carbocycles. The molecule has 0 aliphatic heterocycles. The first-order valence-corrected chi connectivity index (χ1v) is 8.73. The van der Waals surface area contributed by atoms with Crippen molar-refractivity contribution in [2.24, 2.45) is 7.05 Å². The van der Waals surface area contributed by atoms with E-state index < -0.39 is 0 Å². The van der Waals surface area contributed by atoms with Crippen molar-refractivity contribution in [3.05, 3.63) is 66.2 Å². The Morgan fingerprint density at radius 3 is 2.64 bits per heavy atom. The van der Waals surface area contributed by atoms with Gasteiger partial charge in [-0.1, -0.05) is 42.1 Å². The highest BCUT2D eigenvalue weighted by atomic mass is 32.2. The molecule has 128 valence electrons. The number of aryl methyl sites for hydroxylation is 1. The van der Waals surface area contributed by atoms with Crippen LogP contribution in [0.15, 0.2) is 60.0 Å². The number of benzene rings is 2. The maximum atomic E-state index is 13.8. The topological polar surface area (TPSA) is 59.8 Å². The van der Waals surface area contributed by atoms with Gasteiger partial charge in [0.2, 0.25) is 0 Å². The SMILES string of the molecule is Cn1cnnc1SCCNC(=O)c1ccc(-c2ccccc2F)cc1. The van der Waals surface area contributed by atoms with Crippen molar-refractivity contribution >= 4 is 17.7 Å². The number of aromatic nitrogens is 3. The molecule has 1 heterocycles. The van der Waals surface area contributed by atoms with Gasteiger partial charge in [-0.25, -0.2) is 4.39 Å². The summed E-state index contributed by atoms with van der Waals surface area (Å²) in [4.78, 5) is 12.2. The second-order valence-corrected chi connectivity index (χ2v) is 6.45. The number of hydrogen-bond donors (Lipinski definition) is 1. The monoisotopic (exact) mass is 356 g/mol. The minimum Gasteiger partial charge on any atom is -0.351 e. The van der Waals surface area contributed by atoms with Crippen LogP contribution in [-0.2, 0) is 7.05 Å². The smallest absolute Gasteiger partial charge is 0.251 e. The maximum Gasteiger partial charge on any atom is 0.251 e. The number of nitrogens with one attached hydrogen (secondary N) is 1. The first-order chi connectivity index (χ1) is 12.1. The molecule has 0 atom stereocenters. The first-order valence-electron chi connectivity index (χ1n) is 7.75. The average molecular weight is 356 g/mol. The molecule has 25 heavy (non-hydrogen) atoms. The molecular formula is C18H17FN4OS. The van der Waals surface area contributed by atoms with Gasteiger partial charge in [-0.15, -0.1) is 10.2 Å². The number of carbonyl (C=O) groups is 1. The molecule has 1 N–H and O–H groups in total. The second-order valence-electron chi connectivity index (χ2n) is 5.39. The standard InChI is InChI=1S/C18H17FN4OS/c1-23-12-21-22-18(23)25-11-10-20-17(24)14-8-6-13(7-9-14)15-4-2-3-5-16(15)19/h2-9,12H,10-11H2,1H3,(H,20,24). The summed E-state index contributed by atoms with van der Waals surface area (Å²) in [6, 6.07) is 13.5. The Hall–Kier alpha value is -2.67. The van der Waals surface area contributed by atoms with Crippen LogP contribution in [0.1, 0.15) is 10.4 Å². The summed E-state index contributed by atoms with van der Waals surface area (Å²) < 4.78 is 15.6. The fraction of sp³-hybridized carbons (Fsp3) is 0.167. The van der Waals surface area contributed by atoms with Crippen LogP contribution in [0.3, 0.4) is 0 Å². The molecular weight excluding hydrogens is 339 g/mol. The molecule has 0 fully saturated rings. The summed E-state index contributed by atoms with van der Waals surface area (Å²) >= 11 is 1.53. The first kappa shape index (κ1) is 17.2. The van der Waals surface area contributed by atoms with Crippen LogP contribution in [0.4, 0.5) is 4.39 Å². The summed E-state index contributed by atoms with van der Waals surface area (Å²) in [7, 11) is 1.87. The van der Waals surface area contributed by atoms with Crippen LogP contribution >= 0.6 is 11.8 Å². The molecule has 1 amide bonds. The Balaban J connectivity index is 1.54. The van der Waals surface area contributed by atoms with E-state index in [-0.39, 0.29) is 11.7 Å². The van der Waals surface area contributed by atoms with Crippen LogP contribution in [0, 0.1) is 5.82 Å². The predicted octanol–water partition coefficient (Wildman–Crippen LogP) is 3.14. The molecule has 0 saturated carbocycles. The highest BCUT2D eigenvalue weighted by Gasteiger charge is 2.08. The number of amides is 1. The van der Waals surface area contributed by atoms with Gasteiger partial charge in [-0.3, -0.25) is 4.79 Å². The molecule has 0 spiro atoms. The largest absolute Gasteiger partial charge is 0.351 e. The van der Waals surface area contributed by atoms with E-state index in [9.17, 15) is 9.18 Å². The van der Waals surface area contributed by atoms with Gasteiger partial charge >= 0.3 is 0 Å². The quantitative estimate of drug-likeness (QED) is 0.544. The van der Waals surface area contributed by atoms with E-state index in [0.717, 1.165) is 10.7 Å². The van der Waals surface area contributed by atoms with Crippen molar-refractivity contribution in [2.75, 3.05) is 12.3 Å². The van der Waals surface area contributed by atoms with Crippen LogP contribution in [0.2, 0.25) is 0 Å². The highest BCUT2D eigenvalue weighted by Crippen LogP contribution is 2.22. The van der Waals surface area contributed by atoms with E-state index in [0.29, 0.717) is 23.4 Å². The van der Waals surface area contributed by atoms with Gasteiger partial charge < -0.3 is 9.88 Å². The number of thioether (sulfide) groups is 1. The molecule has 0 bridgehead atoms. The zero-order valence-corrected chi connectivity index (χ0v) is 14.5. The van der Waals surface area contributed by atoms with Crippen LogP contribution in [-0.4, -0.2) is 33.0 Å². The van der Waals surface area contributed by atoms with Gasteiger partial charge in [0.1, 0.15) is 12.1 Å². The lowest BCUT2D eigenvalue weighted by Gasteiger charge is -2.07. The molecule has 7 heteroatoms. The highest BCUT2D eigenvalue weighted by molar-refractivity contribution is 7.99. The summed E-state index contributed by atoms with van der Waals surface area (Å²) in [5, 5.41) is 11.4. The van der Waals surface area contributed by atoms with Gasteiger partial charge in [-0.2, -0.15) is 0 Å². The lowest BCUT2D eigenvalue weighted by molar-refractivity contribution is 0.0956. The summed E-state index contributed by atoms with van der Waals surface area (Å²) in [5.41, 5.74) is 1.81. The fourth-order valence-electron chi connectivity index (χ4n) is 2.31. The number of carbonyl (C=O) groups excluding carboxylic acids is 1. The fourth-order valence-corrected chi connectivity index (χ4v) is 3.05. The molecule has 3 aromatic rings. The van der Waals surface area contributed by atoms with Gasteiger partial charge in [-0.05, 0) is 23.8 Å². The Labute approximate surface area is 149 Å². The molecule has 5 nitrogen and oxygen atoms in total. The zero-order chi connectivity index (χ0) is 17.6. The normalized spacial score (nSPS) is 10.6. The van der Waals surface area contributed by atoms with Gasteiger partial charge in [0.05, 0.1) is 0 Å². The number of nitrogens with zero attached hydrogens (tertiary/aromatic N) is 3. The Morgan fingerprint density at radius 2 is 1.96 bits per heavy atom. The third kappa shape index (κ3) is 4.24. The Kier molecular flexibility index (Phi) is 5.45. The second kappa shape index (κ2) is 7.94. The van der Waals surface area contributed by atoms with E-state index in [1.165, 1.54) is 17.8 Å². The summed E-state index contributed by atoms with van der Waals surface area (Å²) in [6.07, 6.45) is 1.64. The van der Waals surface area contributed by atoms with Crippen molar-refractivity contribution in [1.82, 2.24) is 20.1 Å². The Morgan fingerprint density at radius 1 is 1.20 bits per heavy atom. The minimum absolute atomic E-state index is 0.154. The number of hydrogen-bond acceptors (Lipinski definition) is 4. The number of rotatable bonds is 6. The Bertz CT molecular complexity index is 864. The zero-order valence-electron chi connectivity index (χ0n) is 13.6. The number of halogens is 1. The van der Waals surface area contributed by atoms with Crippen molar-refractivity contribution in [3.8, 4) is 11.1 Å². The van der Waals surface area contributed by atoms with E-state index in [4.69, 9.17) is 0 Å². The lowest BCUT2D eigenvalue weighted by atomic mass is 10.0.